The maximum absolute atomic E-state index is 12.1. The van der Waals surface area contributed by atoms with Gasteiger partial charge >= 0.3 is 0 Å². The van der Waals surface area contributed by atoms with Crippen molar-refractivity contribution in [1.29, 1.82) is 0 Å². The summed E-state index contributed by atoms with van der Waals surface area (Å²) < 4.78 is 11.2. The Labute approximate surface area is 130 Å². The second-order valence-electron chi connectivity index (χ2n) is 6.35. The maximum Gasteiger partial charge on any atom is 0.225 e. The predicted octanol–water partition coefficient (Wildman–Crippen LogP) is 1.51. The third-order valence-electron chi connectivity index (χ3n) is 4.62. The molecule has 1 aromatic rings. The Morgan fingerprint density at radius 1 is 1.05 bits per heavy atom. The summed E-state index contributed by atoms with van der Waals surface area (Å²) in [5, 5.41) is 0. The van der Waals surface area contributed by atoms with E-state index in [9.17, 15) is 4.79 Å². The van der Waals surface area contributed by atoms with Crippen LogP contribution in [0.1, 0.15) is 18.4 Å². The number of nitrogens with zero attached hydrogens (tertiary/aromatic N) is 2. The Kier molecular flexibility index (Phi) is 3.66. The van der Waals surface area contributed by atoms with Crippen molar-refractivity contribution in [2.75, 3.05) is 39.4 Å². The molecule has 0 aromatic heterocycles. The number of amides is 1. The topological polar surface area (TPSA) is 42.0 Å². The van der Waals surface area contributed by atoms with Crippen LogP contribution in [0.2, 0.25) is 0 Å². The van der Waals surface area contributed by atoms with Crippen molar-refractivity contribution < 1.29 is 14.3 Å². The number of ether oxygens (including phenoxy) is 2. The van der Waals surface area contributed by atoms with Gasteiger partial charge in [0.1, 0.15) is 13.2 Å². The molecule has 0 spiro atoms. The zero-order valence-corrected chi connectivity index (χ0v) is 12.8. The van der Waals surface area contributed by atoms with Crippen LogP contribution in [-0.4, -0.2) is 55.1 Å². The first-order valence-corrected chi connectivity index (χ1v) is 8.19. The van der Waals surface area contributed by atoms with Gasteiger partial charge in [0.2, 0.25) is 5.91 Å². The van der Waals surface area contributed by atoms with Crippen LogP contribution in [0.15, 0.2) is 18.2 Å². The highest BCUT2D eigenvalue weighted by molar-refractivity contribution is 5.81. The van der Waals surface area contributed by atoms with Gasteiger partial charge in [0.05, 0.1) is 0 Å². The van der Waals surface area contributed by atoms with Gasteiger partial charge in [-0.15, -0.1) is 0 Å². The molecule has 2 fully saturated rings. The third-order valence-corrected chi connectivity index (χ3v) is 4.62. The summed E-state index contributed by atoms with van der Waals surface area (Å²) in [4.78, 5) is 16.5. The molecule has 1 saturated carbocycles. The number of hydrogen-bond acceptors (Lipinski definition) is 4. The Hall–Kier alpha value is -1.75. The van der Waals surface area contributed by atoms with Crippen molar-refractivity contribution in [2.45, 2.75) is 19.4 Å². The first-order chi connectivity index (χ1) is 10.8. The molecule has 22 heavy (non-hydrogen) atoms. The summed E-state index contributed by atoms with van der Waals surface area (Å²) in [5.41, 5.74) is 1.24. The number of fused-ring (bicyclic) bond motifs is 1. The van der Waals surface area contributed by atoms with Crippen molar-refractivity contribution in [1.82, 2.24) is 9.80 Å². The lowest BCUT2D eigenvalue weighted by atomic mass is 10.1. The van der Waals surface area contributed by atoms with Gasteiger partial charge in [-0.05, 0) is 30.5 Å². The summed E-state index contributed by atoms with van der Waals surface area (Å²) in [6, 6.07) is 6.18. The number of carbonyl (C=O) groups is 1. The molecule has 5 nitrogen and oxygen atoms in total. The van der Waals surface area contributed by atoms with Crippen LogP contribution < -0.4 is 9.47 Å². The molecule has 0 radical (unpaired) electrons. The molecule has 0 unspecified atom stereocenters. The monoisotopic (exact) mass is 302 g/mol. The number of rotatable bonds is 3. The van der Waals surface area contributed by atoms with Gasteiger partial charge in [-0.3, -0.25) is 9.69 Å². The molecule has 4 rings (SSSR count). The van der Waals surface area contributed by atoms with E-state index < -0.39 is 0 Å². The van der Waals surface area contributed by atoms with Crippen LogP contribution in [0.3, 0.4) is 0 Å². The fourth-order valence-corrected chi connectivity index (χ4v) is 3.16. The van der Waals surface area contributed by atoms with Gasteiger partial charge in [-0.1, -0.05) is 6.07 Å². The molecule has 3 aliphatic rings. The van der Waals surface area contributed by atoms with Crippen molar-refractivity contribution in [3.8, 4) is 11.5 Å². The number of benzene rings is 1. The first kappa shape index (κ1) is 13.9. The van der Waals surface area contributed by atoms with Crippen LogP contribution in [0.5, 0.6) is 11.5 Å². The normalized spacial score (nSPS) is 21.7. The van der Waals surface area contributed by atoms with Crippen LogP contribution >= 0.6 is 0 Å². The fraction of sp³-hybridized carbons (Fsp3) is 0.588. The molecule has 1 amide bonds. The molecule has 5 heteroatoms. The lowest BCUT2D eigenvalue weighted by Crippen LogP contribution is -2.48. The van der Waals surface area contributed by atoms with E-state index in [0.717, 1.165) is 57.1 Å². The lowest BCUT2D eigenvalue weighted by molar-refractivity contribution is -0.134. The van der Waals surface area contributed by atoms with Crippen molar-refractivity contribution in [2.24, 2.45) is 5.92 Å². The molecule has 2 heterocycles. The molecule has 0 N–H and O–H groups in total. The largest absolute Gasteiger partial charge is 0.486 e. The maximum atomic E-state index is 12.1. The molecule has 2 aliphatic heterocycles. The summed E-state index contributed by atoms with van der Waals surface area (Å²) in [5.74, 6) is 2.41. The van der Waals surface area contributed by atoms with E-state index in [1.165, 1.54) is 5.56 Å². The van der Waals surface area contributed by atoms with E-state index in [0.29, 0.717) is 25.0 Å². The van der Waals surface area contributed by atoms with Gasteiger partial charge < -0.3 is 14.4 Å². The first-order valence-electron chi connectivity index (χ1n) is 8.19. The Balaban J connectivity index is 1.33. The zero-order chi connectivity index (χ0) is 14.9. The van der Waals surface area contributed by atoms with E-state index in [4.69, 9.17) is 9.47 Å². The van der Waals surface area contributed by atoms with Gasteiger partial charge in [0, 0.05) is 38.6 Å². The van der Waals surface area contributed by atoms with Crippen LogP contribution in [0.4, 0.5) is 0 Å². The summed E-state index contributed by atoms with van der Waals surface area (Å²) in [6.45, 7) is 5.78. The minimum absolute atomic E-state index is 0.337. The molecule has 118 valence electrons. The average Bonchev–Trinajstić information content (AvgIpc) is 3.40. The summed E-state index contributed by atoms with van der Waals surface area (Å²) in [7, 11) is 0. The molecule has 1 saturated heterocycles. The Morgan fingerprint density at radius 3 is 2.50 bits per heavy atom. The molecule has 0 bridgehead atoms. The van der Waals surface area contributed by atoms with Crippen LogP contribution in [0.25, 0.3) is 0 Å². The van der Waals surface area contributed by atoms with Crippen LogP contribution in [0, 0.1) is 5.92 Å². The smallest absolute Gasteiger partial charge is 0.225 e. The van der Waals surface area contributed by atoms with Gasteiger partial charge in [0.25, 0.3) is 0 Å². The van der Waals surface area contributed by atoms with Crippen molar-refractivity contribution >= 4 is 5.91 Å². The number of hydrogen-bond donors (Lipinski definition) is 0. The standard InChI is InChI=1S/C17H22N2O3/c20-17(14-2-3-14)19-7-5-18(6-8-19)12-13-1-4-15-16(11-13)22-10-9-21-15/h1,4,11,14H,2-3,5-10,12H2. The van der Waals surface area contributed by atoms with E-state index >= 15 is 0 Å². The SMILES string of the molecule is O=C(C1CC1)N1CCN(Cc2ccc3c(c2)OCCO3)CC1. The fourth-order valence-electron chi connectivity index (χ4n) is 3.16. The third kappa shape index (κ3) is 2.90. The van der Waals surface area contributed by atoms with Gasteiger partial charge in [0.15, 0.2) is 11.5 Å². The molecular weight excluding hydrogens is 280 g/mol. The second kappa shape index (κ2) is 5.80. The minimum atomic E-state index is 0.337. The quantitative estimate of drug-likeness (QED) is 0.849. The Morgan fingerprint density at radius 2 is 1.77 bits per heavy atom. The summed E-state index contributed by atoms with van der Waals surface area (Å²) in [6.07, 6.45) is 2.19. The van der Waals surface area contributed by atoms with E-state index in [1.54, 1.807) is 0 Å². The molecular formula is C17H22N2O3. The highest BCUT2D eigenvalue weighted by Gasteiger charge is 2.34. The second-order valence-corrected chi connectivity index (χ2v) is 6.35. The highest BCUT2D eigenvalue weighted by Crippen LogP contribution is 2.32. The number of carbonyl (C=O) groups excluding carboxylic acids is 1. The highest BCUT2D eigenvalue weighted by atomic mass is 16.6. The molecule has 1 aromatic carbocycles. The zero-order valence-electron chi connectivity index (χ0n) is 12.8. The lowest BCUT2D eigenvalue weighted by Gasteiger charge is -2.35. The van der Waals surface area contributed by atoms with Gasteiger partial charge in [-0.2, -0.15) is 0 Å². The van der Waals surface area contributed by atoms with Crippen molar-refractivity contribution in [3.05, 3.63) is 23.8 Å². The predicted molar refractivity (Wildman–Crippen MR) is 82.0 cm³/mol. The molecule has 1 aliphatic carbocycles. The van der Waals surface area contributed by atoms with E-state index in [2.05, 4.69) is 17.0 Å². The van der Waals surface area contributed by atoms with E-state index in [-0.39, 0.29) is 0 Å². The average molecular weight is 302 g/mol. The Bertz CT molecular complexity index is 563. The van der Waals surface area contributed by atoms with E-state index in [1.807, 2.05) is 11.0 Å². The molecule has 0 atom stereocenters. The van der Waals surface area contributed by atoms with Gasteiger partial charge in [-0.25, -0.2) is 0 Å². The summed E-state index contributed by atoms with van der Waals surface area (Å²) >= 11 is 0. The minimum Gasteiger partial charge on any atom is -0.486 e. The van der Waals surface area contributed by atoms with Crippen LogP contribution in [-0.2, 0) is 11.3 Å². The van der Waals surface area contributed by atoms with Crippen molar-refractivity contribution in [3.63, 3.8) is 0 Å². The number of piperazine rings is 1.